The first-order chi connectivity index (χ1) is 12.3. The summed E-state index contributed by atoms with van der Waals surface area (Å²) in [6.07, 6.45) is 1.50. The van der Waals surface area contributed by atoms with E-state index in [2.05, 4.69) is 30.2 Å². The predicted molar refractivity (Wildman–Crippen MR) is 90.1 cm³/mol. The molecule has 1 aromatic carbocycles. The summed E-state index contributed by atoms with van der Waals surface area (Å²) in [5.41, 5.74) is 1.68. The number of nitrogens with zero attached hydrogens (tertiary/aromatic N) is 7. The second-order valence-electron chi connectivity index (χ2n) is 5.86. The van der Waals surface area contributed by atoms with Gasteiger partial charge < -0.3 is 4.90 Å². The third-order valence-corrected chi connectivity index (χ3v) is 4.39. The van der Waals surface area contributed by atoms with Gasteiger partial charge in [0.2, 0.25) is 0 Å². The van der Waals surface area contributed by atoms with Crippen molar-refractivity contribution in [1.29, 1.82) is 0 Å². The van der Waals surface area contributed by atoms with E-state index in [4.69, 9.17) is 0 Å². The molecule has 4 heterocycles. The fourth-order valence-electron chi connectivity index (χ4n) is 3.15. The molecule has 0 saturated heterocycles. The summed E-state index contributed by atoms with van der Waals surface area (Å²) < 4.78 is 3.38. The third-order valence-electron chi connectivity index (χ3n) is 4.39. The largest absolute Gasteiger partial charge is 0.347 e. The zero-order valence-corrected chi connectivity index (χ0v) is 13.2. The van der Waals surface area contributed by atoms with E-state index in [1.54, 1.807) is 9.08 Å². The Morgan fingerprint density at radius 2 is 2.00 bits per heavy atom. The van der Waals surface area contributed by atoms with E-state index in [1.807, 2.05) is 36.4 Å². The molecule has 4 aromatic rings. The fraction of sp³-hybridized carbons (Fsp3) is 0.188. The van der Waals surface area contributed by atoms with Crippen molar-refractivity contribution in [1.82, 2.24) is 34.3 Å². The second kappa shape index (κ2) is 5.26. The highest BCUT2D eigenvalue weighted by atomic mass is 16.1. The van der Waals surface area contributed by atoms with Crippen LogP contribution < -0.4 is 10.6 Å². The van der Waals surface area contributed by atoms with Crippen LogP contribution in [0.5, 0.6) is 0 Å². The highest BCUT2D eigenvalue weighted by Crippen LogP contribution is 2.25. The molecule has 1 N–H and O–H groups in total. The minimum absolute atomic E-state index is 0.166. The number of fused-ring (bicyclic) bond motifs is 2. The second-order valence-corrected chi connectivity index (χ2v) is 5.86. The summed E-state index contributed by atoms with van der Waals surface area (Å²) in [6.45, 7) is 1.77. The minimum Gasteiger partial charge on any atom is -0.347 e. The van der Waals surface area contributed by atoms with Gasteiger partial charge in [0.1, 0.15) is 12.1 Å². The summed E-state index contributed by atoms with van der Waals surface area (Å²) in [7, 11) is 0. The molecule has 0 spiro atoms. The molecule has 0 atom stereocenters. The monoisotopic (exact) mass is 334 g/mol. The van der Waals surface area contributed by atoms with Gasteiger partial charge in [0.15, 0.2) is 5.82 Å². The van der Waals surface area contributed by atoms with Crippen LogP contribution >= 0.6 is 0 Å². The van der Waals surface area contributed by atoms with E-state index in [9.17, 15) is 4.79 Å². The lowest BCUT2D eigenvalue weighted by Gasteiger charge is -2.28. The first-order valence-electron chi connectivity index (χ1n) is 7.95. The van der Waals surface area contributed by atoms with Crippen LogP contribution in [0.1, 0.15) is 5.82 Å². The van der Waals surface area contributed by atoms with Crippen LogP contribution in [-0.4, -0.2) is 40.9 Å². The standard InChI is InChI=1S/C16H14N8O/c25-16-21-20-13-9-22(6-7-23(13)16)14-8-12(11-4-2-1-3-5-11)19-15-17-10-18-24(14)15/h1-5,8,10H,6-7,9H2,(H,21,25). The van der Waals surface area contributed by atoms with Gasteiger partial charge in [-0.15, -0.1) is 0 Å². The average molecular weight is 334 g/mol. The first-order valence-corrected chi connectivity index (χ1v) is 7.95. The molecule has 0 bridgehead atoms. The normalized spacial score (nSPS) is 14.0. The van der Waals surface area contributed by atoms with E-state index in [1.165, 1.54) is 6.33 Å². The van der Waals surface area contributed by atoms with Gasteiger partial charge in [0.25, 0.3) is 5.78 Å². The molecule has 9 heteroatoms. The Morgan fingerprint density at radius 3 is 2.88 bits per heavy atom. The number of hydrogen-bond donors (Lipinski definition) is 1. The van der Waals surface area contributed by atoms with Crippen molar-refractivity contribution in [3.05, 3.63) is 59.0 Å². The maximum Gasteiger partial charge on any atom is 0.343 e. The molecule has 0 radical (unpaired) electrons. The van der Waals surface area contributed by atoms with Gasteiger partial charge >= 0.3 is 5.69 Å². The topological polar surface area (TPSA) is 97.0 Å². The maximum absolute atomic E-state index is 11.7. The molecule has 0 unspecified atom stereocenters. The highest BCUT2D eigenvalue weighted by Gasteiger charge is 2.23. The van der Waals surface area contributed by atoms with Crippen LogP contribution in [0.2, 0.25) is 0 Å². The number of aromatic nitrogens is 7. The Balaban J connectivity index is 1.63. The number of benzene rings is 1. The number of nitrogens with one attached hydrogen (secondary N) is 1. The zero-order chi connectivity index (χ0) is 16.8. The Morgan fingerprint density at radius 1 is 1.12 bits per heavy atom. The predicted octanol–water partition coefficient (Wildman–Crippen LogP) is 0.696. The molecule has 9 nitrogen and oxygen atoms in total. The van der Waals surface area contributed by atoms with E-state index in [0.717, 1.165) is 17.1 Å². The quantitative estimate of drug-likeness (QED) is 0.579. The molecule has 3 aromatic heterocycles. The van der Waals surface area contributed by atoms with E-state index in [0.29, 0.717) is 31.2 Å². The van der Waals surface area contributed by atoms with Crippen molar-refractivity contribution < 1.29 is 0 Å². The van der Waals surface area contributed by atoms with E-state index in [-0.39, 0.29) is 5.69 Å². The smallest absolute Gasteiger partial charge is 0.343 e. The van der Waals surface area contributed by atoms with Gasteiger partial charge in [-0.25, -0.2) is 14.9 Å². The van der Waals surface area contributed by atoms with Crippen molar-refractivity contribution >= 4 is 11.6 Å². The highest BCUT2D eigenvalue weighted by molar-refractivity contribution is 5.65. The van der Waals surface area contributed by atoms with Gasteiger partial charge in [-0.3, -0.25) is 4.57 Å². The Bertz CT molecular complexity index is 1110. The van der Waals surface area contributed by atoms with Crippen molar-refractivity contribution in [2.75, 3.05) is 11.4 Å². The van der Waals surface area contributed by atoms with Gasteiger partial charge in [-0.05, 0) is 0 Å². The molecule has 5 rings (SSSR count). The van der Waals surface area contributed by atoms with Gasteiger partial charge in [-0.2, -0.15) is 19.7 Å². The molecule has 0 saturated carbocycles. The Kier molecular flexibility index (Phi) is 2.93. The molecule has 25 heavy (non-hydrogen) atoms. The zero-order valence-electron chi connectivity index (χ0n) is 13.2. The lowest BCUT2D eigenvalue weighted by molar-refractivity contribution is 0.542. The lowest BCUT2D eigenvalue weighted by Crippen LogP contribution is -2.38. The van der Waals surface area contributed by atoms with Crippen LogP contribution in [0, 0.1) is 0 Å². The van der Waals surface area contributed by atoms with E-state index >= 15 is 0 Å². The number of hydrogen-bond acceptors (Lipinski definition) is 6. The van der Waals surface area contributed by atoms with E-state index < -0.39 is 0 Å². The van der Waals surface area contributed by atoms with Crippen molar-refractivity contribution in [3.8, 4) is 11.3 Å². The molecule has 1 aliphatic heterocycles. The SMILES string of the molecule is O=c1[nH]nc2n1CCN(c1cc(-c3ccccc3)nc3ncnn13)C2. The summed E-state index contributed by atoms with van der Waals surface area (Å²) in [6, 6.07) is 12.0. The summed E-state index contributed by atoms with van der Waals surface area (Å²) in [4.78, 5) is 22.7. The number of H-pyrrole nitrogens is 1. The molecular weight excluding hydrogens is 320 g/mol. The van der Waals surface area contributed by atoms with Gasteiger partial charge in [0.05, 0.1) is 12.2 Å². The molecule has 0 amide bonds. The lowest BCUT2D eigenvalue weighted by atomic mass is 10.1. The molecule has 0 fully saturated rings. The number of anilines is 1. The number of rotatable bonds is 2. The molecule has 0 aliphatic carbocycles. The van der Waals surface area contributed by atoms with Crippen LogP contribution in [0.15, 0.2) is 47.5 Å². The maximum atomic E-state index is 11.7. The summed E-state index contributed by atoms with van der Waals surface area (Å²) in [5.74, 6) is 2.13. The van der Waals surface area contributed by atoms with Gasteiger partial charge in [-0.1, -0.05) is 30.3 Å². The van der Waals surface area contributed by atoms with Crippen LogP contribution in [0.3, 0.4) is 0 Å². The Labute approximate surface area is 141 Å². The molecule has 1 aliphatic rings. The first kappa shape index (κ1) is 13.9. The third kappa shape index (κ3) is 2.20. The minimum atomic E-state index is -0.166. The van der Waals surface area contributed by atoms with Crippen molar-refractivity contribution in [2.45, 2.75) is 13.1 Å². The molecular formula is C16H14N8O. The average Bonchev–Trinajstić information content (AvgIpc) is 3.28. The Hall–Kier alpha value is -3.49. The summed E-state index contributed by atoms with van der Waals surface area (Å²) in [5, 5.41) is 10.9. The fourth-order valence-corrected chi connectivity index (χ4v) is 3.15. The number of aromatic amines is 1. The van der Waals surface area contributed by atoms with Crippen LogP contribution in [-0.2, 0) is 13.1 Å². The summed E-state index contributed by atoms with van der Waals surface area (Å²) >= 11 is 0. The van der Waals surface area contributed by atoms with Crippen LogP contribution in [0.4, 0.5) is 5.82 Å². The molecule has 124 valence electrons. The van der Waals surface area contributed by atoms with Gasteiger partial charge in [0, 0.05) is 24.7 Å². The van der Waals surface area contributed by atoms with Crippen molar-refractivity contribution in [2.24, 2.45) is 0 Å². The van der Waals surface area contributed by atoms with Crippen LogP contribution in [0.25, 0.3) is 17.0 Å². The van der Waals surface area contributed by atoms with Crippen molar-refractivity contribution in [3.63, 3.8) is 0 Å².